The van der Waals surface area contributed by atoms with Crippen molar-refractivity contribution in [3.8, 4) is 5.75 Å². The van der Waals surface area contributed by atoms with Gasteiger partial charge in [-0.05, 0) is 18.3 Å². The number of benzene rings is 1. The normalized spacial score (nSPS) is 10.3. The molecule has 9 heteroatoms. The number of rotatable bonds is 4. The maximum absolute atomic E-state index is 11.8. The number of hydrogen-bond donors (Lipinski definition) is 3. The second-order valence-corrected chi connectivity index (χ2v) is 4.57. The summed E-state index contributed by atoms with van der Waals surface area (Å²) in [6.45, 7) is 0. The van der Waals surface area contributed by atoms with Crippen LogP contribution in [-0.4, -0.2) is 26.3 Å². The van der Waals surface area contributed by atoms with Gasteiger partial charge in [-0.15, -0.1) is 0 Å². The quantitative estimate of drug-likeness (QED) is 0.339. The van der Waals surface area contributed by atoms with Crippen molar-refractivity contribution < 1.29 is 14.8 Å². The van der Waals surface area contributed by atoms with Gasteiger partial charge in [0.25, 0.3) is 11.2 Å². The fraction of sp³-hybridized carbons (Fsp3) is 0.0833. The second-order valence-electron chi connectivity index (χ2n) is 4.17. The first-order valence-corrected chi connectivity index (χ1v) is 6.10. The van der Waals surface area contributed by atoms with Crippen LogP contribution in [0.25, 0.3) is 0 Å². The van der Waals surface area contributed by atoms with Gasteiger partial charge in [0.05, 0.1) is 10.6 Å². The number of aromatic amines is 2. The molecule has 8 nitrogen and oxygen atoms in total. The number of nitrogens with zero attached hydrogens (tertiary/aromatic N) is 1. The van der Waals surface area contributed by atoms with Crippen LogP contribution in [0.3, 0.4) is 0 Å². The van der Waals surface area contributed by atoms with Crippen molar-refractivity contribution in [1.82, 2.24) is 9.97 Å². The van der Waals surface area contributed by atoms with Crippen LogP contribution in [0.15, 0.2) is 23.0 Å². The van der Waals surface area contributed by atoms with Crippen LogP contribution in [0.4, 0.5) is 5.69 Å². The van der Waals surface area contributed by atoms with Crippen molar-refractivity contribution in [1.29, 1.82) is 0 Å². The Morgan fingerprint density at radius 2 is 2.10 bits per heavy atom. The largest absolute Gasteiger partial charge is 0.508 e. The van der Waals surface area contributed by atoms with Crippen molar-refractivity contribution in [3.63, 3.8) is 0 Å². The van der Waals surface area contributed by atoms with Gasteiger partial charge < -0.3 is 10.1 Å². The molecule has 2 aromatic rings. The summed E-state index contributed by atoms with van der Waals surface area (Å²) >= 11 is 4.75. The molecule has 0 aliphatic heterocycles. The smallest absolute Gasteiger partial charge is 0.269 e. The van der Waals surface area contributed by atoms with Gasteiger partial charge in [-0.25, -0.2) is 0 Å². The van der Waals surface area contributed by atoms with Crippen molar-refractivity contribution in [3.05, 3.63) is 60.3 Å². The molecule has 0 aliphatic rings. The van der Waals surface area contributed by atoms with Gasteiger partial charge in [0.15, 0.2) is 11.1 Å². The number of aldehydes is 1. The van der Waals surface area contributed by atoms with Gasteiger partial charge in [-0.3, -0.25) is 24.7 Å². The number of nitro benzene ring substituents is 1. The summed E-state index contributed by atoms with van der Waals surface area (Å²) in [7, 11) is 0. The monoisotopic (exact) mass is 307 g/mol. The van der Waals surface area contributed by atoms with Crippen LogP contribution in [0.5, 0.6) is 5.75 Å². The van der Waals surface area contributed by atoms with E-state index in [9.17, 15) is 24.8 Å². The minimum absolute atomic E-state index is 0.00545. The van der Waals surface area contributed by atoms with E-state index >= 15 is 0 Å². The Labute approximate surface area is 122 Å². The van der Waals surface area contributed by atoms with Gasteiger partial charge in [0, 0.05) is 29.7 Å². The van der Waals surface area contributed by atoms with Gasteiger partial charge in [-0.1, -0.05) is 0 Å². The molecule has 1 aromatic heterocycles. The molecule has 0 bridgehead atoms. The number of phenols is 1. The number of phenolic OH excluding ortho intramolecular Hbond substituents is 1. The predicted molar refractivity (Wildman–Crippen MR) is 75.2 cm³/mol. The maximum atomic E-state index is 11.8. The van der Waals surface area contributed by atoms with E-state index in [2.05, 4.69) is 9.97 Å². The third kappa shape index (κ3) is 3.03. The molecule has 0 atom stereocenters. The van der Waals surface area contributed by atoms with E-state index < -0.39 is 10.5 Å². The van der Waals surface area contributed by atoms with E-state index in [1.165, 1.54) is 0 Å². The number of nitrogens with one attached hydrogen (secondary N) is 2. The van der Waals surface area contributed by atoms with Crippen LogP contribution in [0, 0.1) is 14.9 Å². The third-order valence-corrected chi connectivity index (χ3v) is 3.04. The minimum atomic E-state index is -0.619. The molecule has 3 N–H and O–H groups in total. The molecule has 0 amide bonds. The van der Waals surface area contributed by atoms with Crippen molar-refractivity contribution in [2.75, 3.05) is 0 Å². The van der Waals surface area contributed by atoms with Gasteiger partial charge in [0.1, 0.15) is 5.75 Å². The lowest BCUT2D eigenvalue weighted by Crippen LogP contribution is -2.18. The number of carbonyl (C=O) groups is 1. The zero-order valence-corrected chi connectivity index (χ0v) is 11.3. The summed E-state index contributed by atoms with van der Waals surface area (Å²) in [5.41, 5.74) is -0.658. The Kier molecular flexibility index (Phi) is 3.94. The van der Waals surface area contributed by atoms with Crippen LogP contribution in [0.1, 0.15) is 21.6 Å². The fourth-order valence-corrected chi connectivity index (χ4v) is 2.03. The lowest BCUT2D eigenvalue weighted by molar-refractivity contribution is -0.384. The van der Waals surface area contributed by atoms with Crippen molar-refractivity contribution >= 4 is 24.2 Å². The maximum Gasteiger partial charge on any atom is 0.269 e. The third-order valence-electron chi connectivity index (χ3n) is 2.83. The number of hydrogen-bond acceptors (Lipinski definition) is 6. The molecule has 1 heterocycles. The summed E-state index contributed by atoms with van der Waals surface area (Å²) < 4.78 is -0.00545. The highest BCUT2D eigenvalue weighted by atomic mass is 32.1. The molecule has 1 aromatic carbocycles. The molecule has 21 heavy (non-hydrogen) atoms. The number of aromatic hydroxyl groups is 1. The summed E-state index contributed by atoms with van der Waals surface area (Å²) in [5.74, 6) is -0.209. The Balaban J connectivity index is 2.55. The minimum Gasteiger partial charge on any atom is -0.508 e. The highest BCUT2D eigenvalue weighted by Crippen LogP contribution is 2.24. The number of aromatic nitrogens is 2. The molecule has 0 radical (unpaired) electrons. The lowest BCUT2D eigenvalue weighted by atomic mass is 10.0. The summed E-state index contributed by atoms with van der Waals surface area (Å²) in [6, 6.07) is 3.44. The zero-order chi connectivity index (χ0) is 15.6. The van der Waals surface area contributed by atoms with E-state index in [-0.39, 0.29) is 39.4 Å². The highest BCUT2D eigenvalue weighted by Gasteiger charge is 2.15. The average molecular weight is 307 g/mol. The summed E-state index contributed by atoms with van der Waals surface area (Å²) in [5, 5.41) is 20.5. The molecule has 108 valence electrons. The highest BCUT2D eigenvalue weighted by molar-refractivity contribution is 7.71. The molecule has 0 fully saturated rings. The first-order chi connectivity index (χ1) is 9.92. The topological polar surface area (TPSA) is 129 Å². The molecule has 0 saturated carbocycles. The van der Waals surface area contributed by atoms with Crippen LogP contribution in [0.2, 0.25) is 0 Å². The molecular weight excluding hydrogens is 298 g/mol. The van der Waals surface area contributed by atoms with Gasteiger partial charge >= 0.3 is 0 Å². The van der Waals surface area contributed by atoms with Crippen LogP contribution >= 0.6 is 12.2 Å². The van der Waals surface area contributed by atoms with Crippen LogP contribution in [-0.2, 0) is 6.42 Å². The molecule has 0 unspecified atom stereocenters. The Bertz CT molecular complexity index is 840. The first-order valence-electron chi connectivity index (χ1n) is 5.69. The SMILES string of the molecule is O=Cc1[nH]c(=S)[nH]c(=O)c1Cc1cc([N+](=O)[O-])ccc1O. The summed E-state index contributed by atoms with van der Waals surface area (Å²) in [6.07, 6.45) is 0.276. The van der Waals surface area contributed by atoms with E-state index in [0.29, 0.717) is 6.29 Å². The van der Waals surface area contributed by atoms with Gasteiger partial charge in [0.2, 0.25) is 0 Å². The van der Waals surface area contributed by atoms with E-state index in [1.807, 2.05) is 0 Å². The summed E-state index contributed by atoms with van der Waals surface area (Å²) in [4.78, 5) is 37.8. The molecule has 0 spiro atoms. The fourth-order valence-electron chi connectivity index (χ4n) is 1.82. The molecule has 0 aliphatic carbocycles. The molecular formula is C12H9N3O5S. The predicted octanol–water partition coefficient (Wildman–Crippen LogP) is 1.45. The van der Waals surface area contributed by atoms with Crippen molar-refractivity contribution in [2.24, 2.45) is 0 Å². The number of nitro groups is 1. The molecule has 2 rings (SSSR count). The zero-order valence-electron chi connectivity index (χ0n) is 10.5. The standard InChI is InChI=1S/C12H9N3O5S/c16-5-9-8(11(18)14-12(21)13-9)4-6-3-7(15(19)20)1-2-10(6)17/h1-3,5,17H,4H2,(H2,13,14,18,21). The number of carbonyl (C=O) groups excluding carboxylic acids is 1. The van der Waals surface area contributed by atoms with Crippen LogP contribution < -0.4 is 5.56 Å². The number of non-ortho nitro benzene ring substituents is 1. The average Bonchev–Trinajstić information content (AvgIpc) is 2.43. The first kappa shape index (κ1) is 14.6. The molecule has 0 saturated heterocycles. The van der Waals surface area contributed by atoms with Crippen molar-refractivity contribution in [2.45, 2.75) is 6.42 Å². The van der Waals surface area contributed by atoms with E-state index in [1.54, 1.807) is 0 Å². The van der Waals surface area contributed by atoms with E-state index in [0.717, 1.165) is 18.2 Å². The van der Waals surface area contributed by atoms with Gasteiger partial charge in [-0.2, -0.15) is 0 Å². The lowest BCUT2D eigenvalue weighted by Gasteiger charge is -2.06. The Hall–Kier alpha value is -2.81. The Morgan fingerprint density at radius 1 is 1.38 bits per heavy atom. The van der Waals surface area contributed by atoms with E-state index in [4.69, 9.17) is 12.2 Å². The Morgan fingerprint density at radius 3 is 2.71 bits per heavy atom. The second kappa shape index (κ2) is 5.67. The number of H-pyrrole nitrogens is 2.